The van der Waals surface area contributed by atoms with Gasteiger partial charge in [0, 0.05) is 5.41 Å². The van der Waals surface area contributed by atoms with Crippen LogP contribution in [0.2, 0.25) is 0 Å². The zero-order valence-corrected chi connectivity index (χ0v) is 8.17. The minimum absolute atomic E-state index is 0.0995. The van der Waals surface area contributed by atoms with Crippen molar-refractivity contribution in [3.63, 3.8) is 0 Å². The molecule has 1 rings (SSSR count). The number of carboxylic acids is 1. The minimum Gasteiger partial charge on any atom is -0.481 e. The topological polar surface area (TPSA) is 54.4 Å². The Morgan fingerprint density at radius 3 is 2.15 bits per heavy atom. The van der Waals surface area contributed by atoms with Crippen molar-refractivity contribution in [1.82, 2.24) is 0 Å². The largest absolute Gasteiger partial charge is 0.481 e. The van der Waals surface area contributed by atoms with Crippen molar-refractivity contribution in [3.05, 3.63) is 0 Å². The number of hydrogen-bond acceptors (Lipinski definition) is 2. The molecule has 0 bridgehead atoms. The lowest BCUT2D eigenvalue weighted by Gasteiger charge is -2.23. The van der Waals surface area contributed by atoms with Crippen LogP contribution in [0.5, 0.6) is 0 Å². The number of carbonyl (C=O) groups is 2. The Bertz CT molecular complexity index is 226. The van der Waals surface area contributed by atoms with Crippen molar-refractivity contribution in [2.24, 2.45) is 11.3 Å². The molecule has 74 valence electrons. The van der Waals surface area contributed by atoms with Crippen LogP contribution in [0.25, 0.3) is 0 Å². The molecule has 0 spiro atoms. The third kappa shape index (κ3) is 1.90. The number of ketones is 1. The Kier molecular flexibility index (Phi) is 2.74. The highest BCUT2D eigenvalue weighted by atomic mass is 16.4. The van der Waals surface area contributed by atoms with Crippen molar-refractivity contribution in [2.75, 3.05) is 0 Å². The Balaban J connectivity index is 2.71. The van der Waals surface area contributed by atoms with Crippen LogP contribution in [-0.2, 0) is 9.59 Å². The zero-order chi connectivity index (χ0) is 10.1. The van der Waals surface area contributed by atoms with E-state index < -0.39 is 11.9 Å². The number of hydrogen-bond donors (Lipinski definition) is 1. The van der Waals surface area contributed by atoms with Gasteiger partial charge in [-0.3, -0.25) is 9.59 Å². The highest BCUT2D eigenvalue weighted by molar-refractivity contribution is 6.00. The van der Waals surface area contributed by atoms with Crippen LogP contribution in [0.1, 0.15) is 39.5 Å². The third-order valence-electron chi connectivity index (χ3n) is 3.07. The van der Waals surface area contributed by atoms with E-state index in [1.807, 2.05) is 6.92 Å². The van der Waals surface area contributed by atoms with Crippen LogP contribution in [0.15, 0.2) is 0 Å². The van der Waals surface area contributed by atoms with Gasteiger partial charge in [0.15, 0.2) is 5.78 Å². The summed E-state index contributed by atoms with van der Waals surface area (Å²) >= 11 is 0. The Morgan fingerprint density at radius 1 is 1.31 bits per heavy atom. The predicted octanol–water partition coefficient (Wildman–Crippen LogP) is 1.86. The molecular formula is C10H16O3. The first kappa shape index (κ1) is 10.2. The molecule has 1 N–H and O–H groups in total. The maximum absolute atomic E-state index is 11.7. The Morgan fingerprint density at radius 2 is 1.77 bits per heavy atom. The highest BCUT2D eigenvalue weighted by Gasteiger charge is 2.40. The molecule has 3 heteroatoms. The van der Waals surface area contributed by atoms with E-state index in [-0.39, 0.29) is 11.2 Å². The van der Waals surface area contributed by atoms with E-state index >= 15 is 0 Å². The summed E-state index contributed by atoms with van der Waals surface area (Å²) in [5, 5.41) is 8.71. The number of aliphatic carboxylic acids is 1. The lowest BCUT2D eigenvalue weighted by molar-refractivity contribution is -0.148. The van der Waals surface area contributed by atoms with E-state index in [1.165, 1.54) is 6.92 Å². The molecule has 13 heavy (non-hydrogen) atoms. The molecule has 1 fully saturated rings. The normalized spacial score (nSPS) is 22.6. The van der Waals surface area contributed by atoms with Crippen molar-refractivity contribution in [1.29, 1.82) is 0 Å². The summed E-state index contributed by atoms with van der Waals surface area (Å²) in [4.78, 5) is 22.3. The van der Waals surface area contributed by atoms with Gasteiger partial charge in [-0.05, 0) is 19.8 Å². The van der Waals surface area contributed by atoms with Gasteiger partial charge in [-0.15, -0.1) is 0 Å². The summed E-state index contributed by atoms with van der Waals surface area (Å²) in [6, 6.07) is 0. The highest BCUT2D eigenvalue weighted by Crippen LogP contribution is 2.40. The summed E-state index contributed by atoms with van der Waals surface area (Å²) in [6.07, 6.45) is 3.80. The second-order valence-electron chi connectivity index (χ2n) is 4.19. The summed E-state index contributed by atoms with van der Waals surface area (Å²) in [5.41, 5.74) is -0.363. The van der Waals surface area contributed by atoms with Gasteiger partial charge in [0.25, 0.3) is 0 Å². The number of rotatable bonds is 3. The van der Waals surface area contributed by atoms with Crippen molar-refractivity contribution in [3.8, 4) is 0 Å². The van der Waals surface area contributed by atoms with Crippen LogP contribution in [0.3, 0.4) is 0 Å². The molecule has 0 radical (unpaired) electrons. The van der Waals surface area contributed by atoms with E-state index in [0.717, 1.165) is 25.7 Å². The van der Waals surface area contributed by atoms with Crippen LogP contribution < -0.4 is 0 Å². The van der Waals surface area contributed by atoms with Crippen molar-refractivity contribution < 1.29 is 14.7 Å². The number of Topliss-reactive ketones (excluding diaryl/α,β-unsaturated/α-hetero) is 1. The van der Waals surface area contributed by atoms with Crippen LogP contribution in [-0.4, -0.2) is 16.9 Å². The first-order valence-electron chi connectivity index (χ1n) is 4.74. The molecule has 0 aromatic rings. The van der Waals surface area contributed by atoms with Gasteiger partial charge in [-0.1, -0.05) is 19.8 Å². The average molecular weight is 184 g/mol. The minimum atomic E-state index is -1.00. The van der Waals surface area contributed by atoms with Gasteiger partial charge in [0.2, 0.25) is 0 Å². The first-order valence-corrected chi connectivity index (χ1v) is 4.74. The van der Waals surface area contributed by atoms with Gasteiger partial charge < -0.3 is 5.11 Å². The first-order chi connectivity index (χ1) is 5.97. The molecule has 3 nitrogen and oxygen atoms in total. The van der Waals surface area contributed by atoms with Gasteiger partial charge in [-0.2, -0.15) is 0 Å². The zero-order valence-electron chi connectivity index (χ0n) is 8.17. The predicted molar refractivity (Wildman–Crippen MR) is 48.4 cm³/mol. The van der Waals surface area contributed by atoms with Crippen molar-refractivity contribution in [2.45, 2.75) is 39.5 Å². The van der Waals surface area contributed by atoms with Crippen LogP contribution in [0.4, 0.5) is 0 Å². The van der Waals surface area contributed by atoms with Gasteiger partial charge in [0.1, 0.15) is 5.92 Å². The molecule has 1 aliphatic rings. The van der Waals surface area contributed by atoms with E-state index in [1.54, 1.807) is 0 Å². The monoisotopic (exact) mass is 184 g/mol. The summed E-state index contributed by atoms with van der Waals surface area (Å²) < 4.78 is 0. The summed E-state index contributed by atoms with van der Waals surface area (Å²) in [7, 11) is 0. The Hall–Kier alpha value is -0.860. The standard InChI is InChI=1S/C10H16O3/c1-7(9(12)13)8(11)10(2)5-3-4-6-10/h7H,3-6H2,1-2H3,(H,12,13). The molecule has 1 saturated carbocycles. The smallest absolute Gasteiger partial charge is 0.313 e. The fraction of sp³-hybridized carbons (Fsp3) is 0.800. The van der Waals surface area contributed by atoms with Crippen LogP contribution >= 0.6 is 0 Å². The maximum Gasteiger partial charge on any atom is 0.313 e. The molecule has 0 saturated heterocycles. The molecule has 0 aromatic carbocycles. The molecule has 1 aliphatic carbocycles. The fourth-order valence-corrected chi connectivity index (χ4v) is 2.04. The molecule has 1 atom stereocenters. The van der Waals surface area contributed by atoms with Gasteiger partial charge in [0.05, 0.1) is 0 Å². The SMILES string of the molecule is CC(C(=O)O)C(=O)C1(C)CCCC1. The lowest BCUT2D eigenvalue weighted by Crippen LogP contribution is -2.33. The molecular weight excluding hydrogens is 168 g/mol. The second kappa shape index (κ2) is 3.48. The fourth-order valence-electron chi connectivity index (χ4n) is 2.04. The van der Waals surface area contributed by atoms with E-state index in [9.17, 15) is 9.59 Å². The van der Waals surface area contributed by atoms with E-state index in [2.05, 4.69) is 0 Å². The molecule has 0 aliphatic heterocycles. The average Bonchev–Trinajstić information content (AvgIpc) is 2.50. The molecule has 0 heterocycles. The number of carboxylic acid groups (broad SMARTS) is 1. The van der Waals surface area contributed by atoms with E-state index in [0.29, 0.717) is 0 Å². The molecule has 1 unspecified atom stereocenters. The van der Waals surface area contributed by atoms with Gasteiger partial charge in [-0.25, -0.2) is 0 Å². The second-order valence-corrected chi connectivity index (χ2v) is 4.19. The number of carbonyl (C=O) groups excluding carboxylic acids is 1. The van der Waals surface area contributed by atoms with E-state index in [4.69, 9.17) is 5.11 Å². The third-order valence-corrected chi connectivity index (χ3v) is 3.07. The maximum atomic E-state index is 11.7. The van der Waals surface area contributed by atoms with Crippen LogP contribution in [0, 0.1) is 11.3 Å². The summed E-state index contributed by atoms with van der Waals surface area (Å²) in [6.45, 7) is 3.37. The van der Waals surface area contributed by atoms with Gasteiger partial charge >= 0.3 is 5.97 Å². The quantitative estimate of drug-likeness (QED) is 0.681. The lowest BCUT2D eigenvalue weighted by atomic mass is 9.79. The summed E-state index contributed by atoms with van der Waals surface area (Å²) in [5.74, 6) is -1.95. The van der Waals surface area contributed by atoms with Crippen molar-refractivity contribution >= 4 is 11.8 Å². The molecule has 0 aromatic heterocycles. The molecule has 0 amide bonds. The Labute approximate surface area is 78.1 Å².